The number of nitrogens with zero attached hydrogens (tertiary/aromatic N) is 3. The first-order valence-corrected chi connectivity index (χ1v) is 9.76. The van der Waals surface area contributed by atoms with Gasteiger partial charge >= 0.3 is 0 Å². The number of halogens is 2. The zero-order chi connectivity index (χ0) is 16.4. The molecule has 0 bridgehead atoms. The van der Waals surface area contributed by atoms with Crippen LogP contribution >= 0.6 is 24.8 Å². The summed E-state index contributed by atoms with van der Waals surface area (Å²) in [5, 5.41) is 15.3. The van der Waals surface area contributed by atoms with Gasteiger partial charge in [-0.15, -0.1) is 35.0 Å². The Labute approximate surface area is 168 Å². The van der Waals surface area contributed by atoms with Gasteiger partial charge in [-0.25, -0.2) is 0 Å². The Balaban J connectivity index is 0.00000121. The van der Waals surface area contributed by atoms with Crippen molar-refractivity contribution in [2.45, 2.75) is 82.8 Å². The predicted octanol–water partition coefficient (Wildman–Crippen LogP) is 2.43. The molecule has 1 saturated carbocycles. The third kappa shape index (κ3) is 4.70. The van der Waals surface area contributed by atoms with E-state index in [1.165, 1.54) is 44.9 Å². The van der Waals surface area contributed by atoms with E-state index in [2.05, 4.69) is 25.4 Å². The summed E-state index contributed by atoms with van der Waals surface area (Å²) in [5.41, 5.74) is 0. The normalized spacial score (nSPS) is 27.3. The molecule has 0 radical (unpaired) electrons. The quantitative estimate of drug-likeness (QED) is 0.809. The van der Waals surface area contributed by atoms with E-state index in [4.69, 9.17) is 0 Å². The highest BCUT2D eigenvalue weighted by atomic mass is 35.5. The van der Waals surface area contributed by atoms with E-state index in [0.717, 1.165) is 37.5 Å². The second-order valence-electron chi connectivity index (χ2n) is 7.64. The van der Waals surface area contributed by atoms with Crippen molar-refractivity contribution in [1.29, 1.82) is 0 Å². The minimum atomic E-state index is 0. The summed E-state index contributed by atoms with van der Waals surface area (Å²) in [4.78, 5) is 12.4. The van der Waals surface area contributed by atoms with Gasteiger partial charge in [0.25, 0.3) is 0 Å². The molecular formula is C18H31Cl2N5O. The first-order chi connectivity index (χ1) is 11.8. The van der Waals surface area contributed by atoms with Gasteiger partial charge in [-0.05, 0) is 38.0 Å². The molecule has 1 saturated heterocycles. The maximum absolute atomic E-state index is 12.4. The zero-order valence-electron chi connectivity index (χ0n) is 15.3. The maximum atomic E-state index is 12.4. The van der Waals surface area contributed by atoms with E-state index in [0.29, 0.717) is 18.5 Å². The van der Waals surface area contributed by atoms with Crippen LogP contribution in [0.3, 0.4) is 0 Å². The van der Waals surface area contributed by atoms with E-state index >= 15 is 0 Å². The number of hydrogen-bond donors (Lipinski definition) is 2. The monoisotopic (exact) mass is 403 g/mol. The Kier molecular flexibility index (Phi) is 8.17. The molecule has 0 aromatic carbocycles. The number of carbonyl (C=O) groups is 1. The van der Waals surface area contributed by atoms with Crippen LogP contribution in [0.5, 0.6) is 0 Å². The number of hydrogen-bond acceptors (Lipinski definition) is 4. The van der Waals surface area contributed by atoms with E-state index in [1.807, 2.05) is 0 Å². The summed E-state index contributed by atoms with van der Waals surface area (Å²) in [5.74, 6) is 3.03. The third-order valence-electron chi connectivity index (χ3n) is 6.01. The standard InChI is InChI=1S/C18H29N5O.2ClH/c24-18(15-12-13-6-3-4-7-14(13)20-15)19-10-9-17-22-21-16-8-2-1-5-11-23(16)17;;/h13-15,20H,1-12H2,(H,19,24);2*1H. The Morgan fingerprint density at radius 1 is 1.12 bits per heavy atom. The predicted molar refractivity (Wildman–Crippen MR) is 106 cm³/mol. The fourth-order valence-electron chi connectivity index (χ4n) is 4.67. The Morgan fingerprint density at radius 2 is 1.96 bits per heavy atom. The molecule has 2 fully saturated rings. The van der Waals surface area contributed by atoms with Crippen LogP contribution in [0, 0.1) is 5.92 Å². The van der Waals surface area contributed by atoms with E-state index in [1.54, 1.807) is 0 Å². The fraction of sp³-hybridized carbons (Fsp3) is 0.833. The molecule has 0 spiro atoms. The molecule has 148 valence electrons. The van der Waals surface area contributed by atoms with Crippen LogP contribution in [-0.2, 0) is 24.2 Å². The highest BCUT2D eigenvalue weighted by Gasteiger charge is 2.37. The number of fused-ring (bicyclic) bond motifs is 2. The van der Waals surface area contributed by atoms with E-state index in [9.17, 15) is 4.79 Å². The lowest BCUT2D eigenvalue weighted by Crippen LogP contribution is -2.43. The van der Waals surface area contributed by atoms with Crippen molar-refractivity contribution in [3.63, 3.8) is 0 Å². The lowest BCUT2D eigenvalue weighted by molar-refractivity contribution is -0.122. The SMILES string of the molecule is Cl.Cl.O=C(NCCc1nnc2n1CCCCC2)C1CC2CCCCC2N1. The van der Waals surface area contributed by atoms with Gasteiger partial charge in [-0.1, -0.05) is 19.3 Å². The van der Waals surface area contributed by atoms with Crippen molar-refractivity contribution in [2.24, 2.45) is 5.92 Å². The van der Waals surface area contributed by atoms with Crippen molar-refractivity contribution in [1.82, 2.24) is 25.4 Å². The van der Waals surface area contributed by atoms with Crippen molar-refractivity contribution in [2.75, 3.05) is 6.54 Å². The lowest BCUT2D eigenvalue weighted by atomic mass is 9.85. The molecule has 4 rings (SSSR count). The van der Waals surface area contributed by atoms with Gasteiger partial charge < -0.3 is 15.2 Å². The molecule has 1 aromatic rings. The number of rotatable bonds is 4. The first kappa shape index (κ1) is 21.5. The highest BCUT2D eigenvalue weighted by molar-refractivity contribution is 5.85. The summed E-state index contributed by atoms with van der Waals surface area (Å²) < 4.78 is 2.27. The van der Waals surface area contributed by atoms with E-state index < -0.39 is 0 Å². The summed E-state index contributed by atoms with van der Waals surface area (Å²) in [6.45, 7) is 1.68. The minimum absolute atomic E-state index is 0. The van der Waals surface area contributed by atoms with Crippen LogP contribution in [-0.4, -0.2) is 39.3 Å². The second-order valence-corrected chi connectivity index (χ2v) is 7.64. The fourth-order valence-corrected chi connectivity index (χ4v) is 4.67. The van der Waals surface area contributed by atoms with Gasteiger partial charge in [-0.2, -0.15) is 0 Å². The van der Waals surface area contributed by atoms with Crippen molar-refractivity contribution >= 4 is 30.7 Å². The molecule has 26 heavy (non-hydrogen) atoms. The maximum Gasteiger partial charge on any atom is 0.237 e. The second kappa shape index (κ2) is 9.90. The van der Waals surface area contributed by atoms with Crippen LogP contribution in [0.25, 0.3) is 0 Å². The Morgan fingerprint density at radius 3 is 2.81 bits per heavy atom. The van der Waals surface area contributed by atoms with Crippen molar-refractivity contribution in [3.8, 4) is 0 Å². The lowest BCUT2D eigenvalue weighted by Gasteiger charge is -2.24. The first-order valence-electron chi connectivity index (χ1n) is 9.76. The van der Waals surface area contributed by atoms with Crippen molar-refractivity contribution < 1.29 is 4.79 Å². The van der Waals surface area contributed by atoms with Gasteiger partial charge in [0.1, 0.15) is 11.6 Å². The van der Waals surface area contributed by atoms with Gasteiger partial charge in [0.2, 0.25) is 5.91 Å². The number of nitrogens with one attached hydrogen (secondary N) is 2. The molecule has 2 aliphatic heterocycles. The molecule has 3 atom stereocenters. The van der Waals surface area contributed by atoms with Crippen LogP contribution < -0.4 is 10.6 Å². The Hall–Kier alpha value is -0.850. The molecule has 8 heteroatoms. The molecule has 3 unspecified atom stereocenters. The molecule has 1 aliphatic carbocycles. The smallest absolute Gasteiger partial charge is 0.237 e. The van der Waals surface area contributed by atoms with E-state index in [-0.39, 0.29) is 36.8 Å². The molecule has 3 heterocycles. The van der Waals surface area contributed by atoms with Gasteiger partial charge in [0, 0.05) is 32.0 Å². The minimum Gasteiger partial charge on any atom is -0.354 e. The average molecular weight is 404 g/mol. The van der Waals surface area contributed by atoms with Gasteiger partial charge in [0.05, 0.1) is 6.04 Å². The van der Waals surface area contributed by atoms with Crippen LogP contribution in [0.15, 0.2) is 0 Å². The van der Waals surface area contributed by atoms with Gasteiger partial charge in [0.15, 0.2) is 0 Å². The van der Waals surface area contributed by atoms with Crippen LogP contribution in [0.2, 0.25) is 0 Å². The molecule has 2 N–H and O–H groups in total. The molecular weight excluding hydrogens is 373 g/mol. The van der Waals surface area contributed by atoms with Gasteiger partial charge in [-0.3, -0.25) is 4.79 Å². The zero-order valence-corrected chi connectivity index (χ0v) is 16.9. The summed E-state index contributed by atoms with van der Waals surface area (Å²) >= 11 is 0. The third-order valence-corrected chi connectivity index (χ3v) is 6.01. The molecule has 1 aromatic heterocycles. The molecule has 1 amide bonds. The largest absolute Gasteiger partial charge is 0.354 e. The summed E-state index contributed by atoms with van der Waals surface area (Å²) in [6.07, 6.45) is 11.7. The number of aromatic nitrogens is 3. The van der Waals surface area contributed by atoms with Crippen LogP contribution in [0.1, 0.15) is 63.0 Å². The Bertz CT molecular complexity index is 580. The number of aryl methyl sites for hydroxylation is 1. The topological polar surface area (TPSA) is 71.8 Å². The molecule has 3 aliphatic rings. The summed E-state index contributed by atoms with van der Waals surface area (Å²) in [7, 11) is 0. The average Bonchev–Trinajstić information content (AvgIpc) is 3.12. The number of carbonyl (C=O) groups excluding carboxylic acids is 1. The van der Waals surface area contributed by atoms with Crippen molar-refractivity contribution in [3.05, 3.63) is 11.6 Å². The highest BCUT2D eigenvalue weighted by Crippen LogP contribution is 2.33. The van der Waals surface area contributed by atoms with Crippen LogP contribution in [0.4, 0.5) is 0 Å². The number of amides is 1. The molecule has 6 nitrogen and oxygen atoms in total. The summed E-state index contributed by atoms with van der Waals surface area (Å²) in [6, 6.07) is 0.579.